The Morgan fingerprint density at radius 2 is 1.92 bits per heavy atom. The van der Waals surface area contributed by atoms with Crippen molar-refractivity contribution < 1.29 is 13.6 Å². The van der Waals surface area contributed by atoms with Crippen LogP contribution in [0.25, 0.3) is 0 Å². The van der Waals surface area contributed by atoms with Crippen molar-refractivity contribution in [2.45, 2.75) is 45.6 Å². The molecule has 0 aliphatic carbocycles. The zero-order valence-electron chi connectivity index (χ0n) is 8.84. The molecular formula is C9H20O3Si. The zero-order valence-corrected chi connectivity index (χ0v) is 9.84. The summed E-state index contributed by atoms with van der Waals surface area (Å²) in [4.78, 5) is 0. The highest BCUT2D eigenvalue weighted by Gasteiger charge is 2.38. The van der Waals surface area contributed by atoms with E-state index >= 15 is 0 Å². The van der Waals surface area contributed by atoms with E-state index in [0.29, 0.717) is 0 Å². The van der Waals surface area contributed by atoms with Gasteiger partial charge in [0.2, 0.25) is 0 Å². The summed E-state index contributed by atoms with van der Waals surface area (Å²) in [6.45, 7) is 7.90. The first kappa shape index (κ1) is 11.2. The smallest absolute Gasteiger partial charge is 0.339 e. The van der Waals surface area contributed by atoms with E-state index in [1.54, 1.807) is 0 Å². The molecule has 0 N–H and O–H groups in total. The molecule has 0 bridgehead atoms. The molecular weight excluding hydrogens is 184 g/mol. The molecule has 0 amide bonds. The minimum Gasteiger partial charge on any atom is -0.394 e. The maximum Gasteiger partial charge on any atom is 0.339 e. The minimum atomic E-state index is -1.90. The number of hydrogen-bond acceptors (Lipinski definition) is 3. The Balaban J connectivity index is 2.42. The van der Waals surface area contributed by atoms with Crippen molar-refractivity contribution in [2.75, 3.05) is 13.2 Å². The van der Waals surface area contributed by atoms with Crippen LogP contribution in [0, 0.1) is 0 Å². The van der Waals surface area contributed by atoms with Gasteiger partial charge in [-0.2, -0.15) is 0 Å². The molecule has 78 valence electrons. The molecule has 13 heavy (non-hydrogen) atoms. The predicted octanol–water partition coefficient (Wildman–Crippen LogP) is 2.27. The van der Waals surface area contributed by atoms with E-state index in [9.17, 15) is 0 Å². The quantitative estimate of drug-likeness (QED) is 0.621. The van der Waals surface area contributed by atoms with Gasteiger partial charge in [0.15, 0.2) is 6.29 Å². The van der Waals surface area contributed by atoms with Crippen molar-refractivity contribution in [3.05, 3.63) is 0 Å². The van der Waals surface area contributed by atoms with Gasteiger partial charge < -0.3 is 13.6 Å². The van der Waals surface area contributed by atoms with Crippen LogP contribution >= 0.6 is 0 Å². The molecule has 1 unspecified atom stereocenters. The normalized spacial score (nSPS) is 22.8. The van der Waals surface area contributed by atoms with E-state index in [4.69, 9.17) is 13.6 Å². The fraction of sp³-hybridized carbons (Fsp3) is 1.00. The molecule has 0 spiro atoms. The Morgan fingerprint density at radius 1 is 1.31 bits per heavy atom. The highest BCUT2D eigenvalue weighted by Crippen LogP contribution is 2.25. The SMILES string of the molecule is CCO[Si](CC)(CC)OC1CCO1. The Bertz CT molecular complexity index is 144. The van der Waals surface area contributed by atoms with Crippen LogP contribution in [0.2, 0.25) is 12.1 Å². The van der Waals surface area contributed by atoms with Crippen LogP contribution in [0.15, 0.2) is 0 Å². The third-order valence-electron chi connectivity index (χ3n) is 2.49. The lowest BCUT2D eigenvalue weighted by Crippen LogP contribution is -2.47. The van der Waals surface area contributed by atoms with Gasteiger partial charge in [-0.25, -0.2) is 0 Å². The third kappa shape index (κ3) is 2.77. The predicted molar refractivity (Wildman–Crippen MR) is 53.8 cm³/mol. The summed E-state index contributed by atoms with van der Waals surface area (Å²) in [6.07, 6.45) is 1.06. The summed E-state index contributed by atoms with van der Waals surface area (Å²) >= 11 is 0. The van der Waals surface area contributed by atoms with Gasteiger partial charge in [-0.3, -0.25) is 0 Å². The van der Waals surface area contributed by atoms with Gasteiger partial charge in [0, 0.05) is 13.0 Å². The van der Waals surface area contributed by atoms with E-state index in [1.807, 2.05) is 6.92 Å². The Labute approximate surface area is 81.6 Å². The number of ether oxygens (including phenoxy) is 1. The highest BCUT2D eigenvalue weighted by atomic mass is 28.4. The van der Waals surface area contributed by atoms with Crippen LogP contribution in [-0.4, -0.2) is 28.1 Å². The first-order valence-electron chi connectivity index (χ1n) is 5.19. The Hall–Kier alpha value is 0.0969. The maximum atomic E-state index is 5.91. The molecule has 3 nitrogen and oxygen atoms in total. The molecule has 1 saturated heterocycles. The van der Waals surface area contributed by atoms with Gasteiger partial charge in [0.05, 0.1) is 6.61 Å². The van der Waals surface area contributed by atoms with E-state index in [2.05, 4.69) is 13.8 Å². The molecule has 1 atom stereocenters. The molecule has 4 heteroatoms. The second kappa shape index (κ2) is 5.10. The van der Waals surface area contributed by atoms with Crippen LogP contribution in [0.5, 0.6) is 0 Å². The van der Waals surface area contributed by atoms with Crippen molar-refractivity contribution in [1.29, 1.82) is 0 Å². The van der Waals surface area contributed by atoms with Gasteiger partial charge in [0.25, 0.3) is 0 Å². The van der Waals surface area contributed by atoms with Gasteiger partial charge in [-0.15, -0.1) is 0 Å². The van der Waals surface area contributed by atoms with Gasteiger partial charge >= 0.3 is 8.56 Å². The molecule has 0 aromatic rings. The fourth-order valence-corrected chi connectivity index (χ4v) is 3.97. The largest absolute Gasteiger partial charge is 0.394 e. The van der Waals surface area contributed by atoms with E-state index in [0.717, 1.165) is 31.7 Å². The maximum absolute atomic E-state index is 5.91. The molecule has 0 aromatic carbocycles. The van der Waals surface area contributed by atoms with Crippen LogP contribution in [0.4, 0.5) is 0 Å². The second-order valence-electron chi connectivity index (χ2n) is 3.26. The van der Waals surface area contributed by atoms with Crippen LogP contribution in [0.3, 0.4) is 0 Å². The van der Waals surface area contributed by atoms with E-state index in [-0.39, 0.29) is 6.29 Å². The summed E-state index contributed by atoms with van der Waals surface area (Å²) < 4.78 is 16.9. The average molecular weight is 204 g/mol. The Kier molecular flexibility index (Phi) is 4.38. The van der Waals surface area contributed by atoms with Crippen molar-refractivity contribution in [3.8, 4) is 0 Å². The summed E-state index contributed by atoms with van der Waals surface area (Å²) in [6, 6.07) is 2.02. The summed E-state index contributed by atoms with van der Waals surface area (Å²) in [5.41, 5.74) is 0. The van der Waals surface area contributed by atoms with Crippen LogP contribution in [0.1, 0.15) is 27.2 Å². The van der Waals surface area contributed by atoms with Gasteiger partial charge in [-0.05, 0) is 19.0 Å². The van der Waals surface area contributed by atoms with Crippen LogP contribution < -0.4 is 0 Å². The molecule has 0 aromatic heterocycles. The Morgan fingerprint density at radius 3 is 2.23 bits per heavy atom. The van der Waals surface area contributed by atoms with Crippen LogP contribution in [-0.2, 0) is 13.6 Å². The number of rotatable bonds is 6. The van der Waals surface area contributed by atoms with Gasteiger partial charge in [0.1, 0.15) is 0 Å². The second-order valence-corrected chi connectivity index (χ2v) is 7.02. The monoisotopic (exact) mass is 204 g/mol. The minimum absolute atomic E-state index is 0.0260. The summed E-state index contributed by atoms with van der Waals surface area (Å²) in [7, 11) is -1.90. The van der Waals surface area contributed by atoms with E-state index in [1.165, 1.54) is 0 Å². The third-order valence-corrected chi connectivity index (χ3v) is 6.15. The van der Waals surface area contributed by atoms with Crippen molar-refractivity contribution in [2.24, 2.45) is 0 Å². The molecule has 0 radical (unpaired) electrons. The van der Waals surface area contributed by atoms with E-state index < -0.39 is 8.56 Å². The first-order valence-corrected chi connectivity index (χ1v) is 7.42. The topological polar surface area (TPSA) is 27.7 Å². The standard InChI is InChI=1S/C9H20O3Si/c1-4-11-13(5-2,6-3)12-9-7-8-10-9/h9H,4-8H2,1-3H3. The van der Waals surface area contributed by atoms with Crippen molar-refractivity contribution in [3.63, 3.8) is 0 Å². The summed E-state index contributed by atoms with van der Waals surface area (Å²) in [5.74, 6) is 0. The summed E-state index contributed by atoms with van der Waals surface area (Å²) in [5, 5.41) is 0. The number of hydrogen-bond donors (Lipinski definition) is 0. The molecule has 0 saturated carbocycles. The lowest BCUT2D eigenvalue weighted by Gasteiger charge is -2.36. The first-order chi connectivity index (χ1) is 6.26. The lowest BCUT2D eigenvalue weighted by atomic mass is 10.4. The average Bonchev–Trinajstić information content (AvgIpc) is 2.10. The molecule has 1 fully saturated rings. The molecule has 1 aliphatic rings. The highest BCUT2D eigenvalue weighted by molar-refractivity contribution is 6.67. The molecule has 1 heterocycles. The molecule has 1 rings (SSSR count). The lowest BCUT2D eigenvalue weighted by molar-refractivity contribution is -0.179. The van der Waals surface area contributed by atoms with Crippen molar-refractivity contribution in [1.82, 2.24) is 0 Å². The zero-order chi connectivity index (χ0) is 9.73. The van der Waals surface area contributed by atoms with Crippen molar-refractivity contribution >= 4 is 8.56 Å². The molecule has 1 aliphatic heterocycles. The van der Waals surface area contributed by atoms with Gasteiger partial charge in [-0.1, -0.05) is 13.8 Å². The fourth-order valence-electron chi connectivity index (χ4n) is 1.46.